The summed E-state index contributed by atoms with van der Waals surface area (Å²) in [5.74, 6) is -0.176. The number of benzene rings is 1. The highest BCUT2D eigenvalue weighted by atomic mass is 35.5. The lowest BCUT2D eigenvalue weighted by molar-refractivity contribution is 0.0926. The third-order valence-corrected chi connectivity index (χ3v) is 5.77. The van der Waals surface area contributed by atoms with Crippen molar-refractivity contribution in [2.45, 2.75) is 37.8 Å². The molecule has 0 aliphatic heterocycles. The van der Waals surface area contributed by atoms with Crippen LogP contribution in [0.2, 0.25) is 15.3 Å². The van der Waals surface area contributed by atoms with Crippen molar-refractivity contribution >= 4 is 57.3 Å². The van der Waals surface area contributed by atoms with Crippen molar-refractivity contribution in [3.63, 3.8) is 0 Å². The van der Waals surface area contributed by atoms with Gasteiger partial charge in [-0.3, -0.25) is 9.78 Å². The molecule has 3 aromatic rings. The minimum Gasteiger partial charge on any atom is -0.382 e. The lowest BCUT2D eigenvalue weighted by atomic mass is 9.90. The Morgan fingerprint density at radius 3 is 2.34 bits per heavy atom. The normalized spacial score (nSPS) is 19.1. The topological polar surface area (TPSA) is 66.9 Å². The Bertz CT molecular complexity index is 1030. The molecule has 29 heavy (non-hydrogen) atoms. The molecule has 1 saturated carbocycles. The molecule has 2 heterocycles. The molecule has 0 atom stereocenters. The minimum atomic E-state index is -0.176. The van der Waals surface area contributed by atoms with E-state index in [-0.39, 0.29) is 22.3 Å². The molecule has 1 aromatic carbocycles. The lowest BCUT2D eigenvalue weighted by Gasteiger charge is -2.30. The fourth-order valence-corrected chi connectivity index (χ4v) is 4.34. The predicted molar refractivity (Wildman–Crippen MR) is 118 cm³/mol. The van der Waals surface area contributed by atoms with Crippen LogP contribution in [0.25, 0.3) is 10.9 Å². The molecule has 2 N–H and O–H groups in total. The van der Waals surface area contributed by atoms with Crippen LogP contribution < -0.4 is 10.6 Å². The minimum absolute atomic E-state index is 0.124. The van der Waals surface area contributed by atoms with E-state index in [4.69, 9.17) is 34.8 Å². The number of pyridine rings is 2. The lowest BCUT2D eigenvalue weighted by Crippen LogP contribution is -2.40. The van der Waals surface area contributed by atoms with Gasteiger partial charge in [-0.15, -0.1) is 0 Å². The van der Waals surface area contributed by atoms with Crippen LogP contribution in [0, 0.1) is 0 Å². The first-order valence-corrected chi connectivity index (χ1v) is 10.6. The summed E-state index contributed by atoms with van der Waals surface area (Å²) in [6, 6.07) is 11.2. The number of hydrogen-bond donors (Lipinski definition) is 2. The summed E-state index contributed by atoms with van der Waals surface area (Å²) < 4.78 is 0. The Morgan fingerprint density at radius 1 is 0.931 bits per heavy atom. The molecule has 5 nitrogen and oxygen atoms in total. The Morgan fingerprint density at radius 2 is 1.62 bits per heavy atom. The first-order chi connectivity index (χ1) is 14.0. The van der Waals surface area contributed by atoms with Gasteiger partial charge in [0.2, 0.25) is 0 Å². The van der Waals surface area contributed by atoms with E-state index in [1.165, 1.54) is 12.1 Å². The summed E-state index contributed by atoms with van der Waals surface area (Å²) in [5.41, 5.74) is 2.36. The van der Waals surface area contributed by atoms with Crippen LogP contribution in [-0.2, 0) is 0 Å². The first kappa shape index (κ1) is 20.2. The highest BCUT2D eigenvalue weighted by Crippen LogP contribution is 2.28. The van der Waals surface area contributed by atoms with Gasteiger partial charge in [-0.1, -0.05) is 34.8 Å². The fourth-order valence-electron chi connectivity index (χ4n) is 3.71. The number of halogens is 3. The Labute approximate surface area is 183 Å². The molecule has 0 unspecified atom stereocenters. The van der Waals surface area contributed by atoms with E-state index >= 15 is 0 Å². The molecule has 150 valence electrons. The van der Waals surface area contributed by atoms with Crippen LogP contribution in [0.15, 0.2) is 42.6 Å². The molecule has 2 aromatic heterocycles. The van der Waals surface area contributed by atoms with E-state index in [9.17, 15) is 4.79 Å². The molecule has 1 amide bonds. The highest BCUT2D eigenvalue weighted by molar-refractivity contribution is 6.33. The zero-order valence-electron chi connectivity index (χ0n) is 15.5. The van der Waals surface area contributed by atoms with Gasteiger partial charge in [0.05, 0.1) is 5.52 Å². The molecule has 8 heteroatoms. The predicted octanol–water partition coefficient (Wildman–Crippen LogP) is 5.74. The van der Waals surface area contributed by atoms with Gasteiger partial charge >= 0.3 is 0 Å². The van der Waals surface area contributed by atoms with Crippen LogP contribution in [0.1, 0.15) is 36.0 Å². The van der Waals surface area contributed by atoms with E-state index in [2.05, 4.69) is 20.6 Å². The fraction of sp³-hybridized carbons (Fsp3) is 0.286. The second-order valence-electron chi connectivity index (χ2n) is 7.19. The molecule has 4 rings (SSSR count). The number of hydrogen-bond acceptors (Lipinski definition) is 4. The van der Waals surface area contributed by atoms with Gasteiger partial charge in [0.15, 0.2) is 0 Å². The molecule has 0 spiro atoms. The second-order valence-corrected chi connectivity index (χ2v) is 8.40. The van der Waals surface area contributed by atoms with E-state index in [1.54, 1.807) is 6.20 Å². The smallest absolute Gasteiger partial charge is 0.251 e. The zero-order chi connectivity index (χ0) is 20.4. The number of anilines is 1. The number of nitrogens with one attached hydrogen (secondary N) is 2. The maximum atomic E-state index is 12.5. The molecule has 1 aliphatic rings. The number of carbonyl (C=O) groups is 1. The van der Waals surface area contributed by atoms with Crippen LogP contribution in [0.4, 0.5) is 5.69 Å². The maximum Gasteiger partial charge on any atom is 0.251 e. The third-order valence-electron chi connectivity index (χ3n) is 5.15. The van der Waals surface area contributed by atoms with Gasteiger partial charge in [-0.05, 0) is 62.1 Å². The summed E-state index contributed by atoms with van der Waals surface area (Å²) in [6.45, 7) is 0. The van der Waals surface area contributed by atoms with Gasteiger partial charge in [-0.25, -0.2) is 4.98 Å². The SMILES string of the molecule is O=C(N[C@H]1CC[C@@H](Nc2ccnc3cc(Cl)ccc23)CC1)c1cc(Cl)nc(Cl)c1. The van der Waals surface area contributed by atoms with Crippen LogP contribution in [0.5, 0.6) is 0 Å². The first-order valence-electron chi connectivity index (χ1n) is 9.43. The Hall–Kier alpha value is -2.08. The molecule has 1 aliphatic carbocycles. The van der Waals surface area contributed by atoms with E-state index in [0.717, 1.165) is 42.3 Å². The Kier molecular flexibility index (Phi) is 6.09. The summed E-state index contributed by atoms with van der Waals surface area (Å²) in [7, 11) is 0. The van der Waals surface area contributed by atoms with Crippen LogP contribution >= 0.6 is 34.8 Å². The van der Waals surface area contributed by atoms with Gasteiger partial charge in [0, 0.05) is 39.9 Å². The molecule has 0 saturated heterocycles. The summed E-state index contributed by atoms with van der Waals surface area (Å²) in [5, 5.41) is 8.85. The number of aromatic nitrogens is 2. The van der Waals surface area contributed by atoms with Crippen molar-refractivity contribution in [3.8, 4) is 0 Å². The van der Waals surface area contributed by atoms with Crippen molar-refractivity contribution in [1.29, 1.82) is 0 Å². The average Bonchev–Trinajstić information content (AvgIpc) is 2.68. The van der Waals surface area contributed by atoms with Crippen molar-refractivity contribution < 1.29 is 4.79 Å². The second kappa shape index (κ2) is 8.74. The number of amides is 1. The largest absolute Gasteiger partial charge is 0.382 e. The van der Waals surface area contributed by atoms with Crippen molar-refractivity contribution in [2.24, 2.45) is 0 Å². The van der Waals surface area contributed by atoms with Gasteiger partial charge in [0.1, 0.15) is 10.3 Å². The van der Waals surface area contributed by atoms with Gasteiger partial charge in [-0.2, -0.15) is 0 Å². The zero-order valence-corrected chi connectivity index (χ0v) is 17.7. The molecule has 1 fully saturated rings. The van der Waals surface area contributed by atoms with Crippen molar-refractivity contribution in [2.75, 3.05) is 5.32 Å². The van der Waals surface area contributed by atoms with Crippen LogP contribution in [0.3, 0.4) is 0 Å². The number of rotatable bonds is 4. The molecular formula is C21H19Cl3N4O. The highest BCUT2D eigenvalue weighted by Gasteiger charge is 2.23. The Balaban J connectivity index is 1.36. The van der Waals surface area contributed by atoms with Crippen LogP contribution in [-0.4, -0.2) is 28.0 Å². The van der Waals surface area contributed by atoms with E-state index in [1.807, 2.05) is 24.3 Å². The summed E-state index contributed by atoms with van der Waals surface area (Å²) >= 11 is 17.8. The summed E-state index contributed by atoms with van der Waals surface area (Å²) in [4.78, 5) is 20.7. The maximum absolute atomic E-state index is 12.5. The number of carbonyl (C=O) groups excluding carboxylic acids is 1. The van der Waals surface area contributed by atoms with Gasteiger partial charge in [0.25, 0.3) is 5.91 Å². The van der Waals surface area contributed by atoms with Gasteiger partial charge < -0.3 is 10.6 Å². The van der Waals surface area contributed by atoms with E-state index in [0.29, 0.717) is 16.6 Å². The van der Waals surface area contributed by atoms with Crippen molar-refractivity contribution in [1.82, 2.24) is 15.3 Å². The average molecular weight is 450 g/mol. The number of nitrogens with zero attached hydrogens (tertiary/aromatic N) is 2. The molecule has 0 radical (unpaired) electrons. The molecular weight excluding hydrogens is 431 g/mol. The summed E-state index contributed by atoms with van der Waals surface area (Å²) in [6.07, 6.45) is 5.49. The standard InChI is InChI=1S/C21H19Cl3N4O/c22-13-1-6-16-17(7-8-25-18(16)11-13)26-14-2-4-15(5-3-14)27-21(29)12-9-19(23)28-20(24)10-12/h1,6-11,14-15H,2-5H2,(H,25,26)(H,27,29)/t14-,15+. The van der Waals surface area contributed by atoms with Crippen molar-refractivity contribution in [3.05, 3.63) is 63.5 Å². The molecule has 0 bridgehead atoms. The van der Waals surface area contributed by atoms with E-state index < -0.39 is 0 Å². The monoisotopic (exact) mass is 448 g/mol. The number of fused-ring (bicyclic) bond motifs is 1. The third kappa shape index (κ3) is 4.92. The quantitative estimate of drug-likeness (QED) is 0.498.